The molecule has 0 aliphatic carbocycles. The fraction of sp³-hybridized carbons (Fsp3) is 0.500. The molecule has 0 unspecified atom stereocenters. The van der Waals surface area contributed by atoms with Gasteiger partial charge in [0.25, 0.3) is 0 Å². The van der Waals surface area contributed by atoms with Crippen molar-refractivity contribution in [2.45, 2.75) is 45.1 Å². The number of hydrogen-bond acceptors (Lipinski definition) is 3. The van der Waals surface area contributed by atoms with Crippen molar-refractivity contribution in [3.63, 3.8) is 0 Å². The van der Waals surface area contributed by atoms with Gasteiger partial charge in [0.05, 0.1) is 12.8 Å². The van der Waals surface area contributed by atoms with Gasteiger partial charge in [-0.1, -0.05) is 25.1 Å². The summed E-state index contributed by atoms with van der Waals surface area (Å²) in [6.07, 6.45) is 4.61. The monoisotopic (exact) mass is 358 g/mol. The number of H-pyrrole nitrogens is 1. The number of aryl methyl sites for hydroxylation is 1. The van der Waals surface area contributed by atoms with Crippen LogP contribution in [0.5, 0.6) is 0 Å². The molecule has 0 spiro atoms. The van der Waals surface area contributed by atoms with Crippen molar-refractivity contribution in [2.75, 3.05) is 19.8 Å². The number of amides is 1. The fourth-order valence-corrected chi connectivity index (χ4v) is 3.70. The smallest absolute Gasteiger partial charge is 0.305 e. The highest BCUT2D eigenvalue weighted by Gasteiger charge is 2.26. The highest BCUT2D eigenvalue weighted by atomic mass is 16.5. The number of para-hydroxylation sites is 1. The second-order valence-electron chi connectivity index (χ2n) is 6.76. The molecule has 140 valence electrons. The molecule has 6 heteroatoms. The lowest BCUT2D eigenvalue weighted by Gasteiger charge is -2.34. The first kappa shape index (κ1) is 18.5. The third-order valence-corrected chi connectivity index (χ3v) is 5.13. The largest absolute Gasteiger partial charge is 0.481 e. The molecular formula is C20H26N2O4. The summed E-state index contributed by atoms with van der Waals surface area (Å²) in [6.45, 7) is 3.60. The number of hydrogen-bond donors (Lipinski definition) is 2. The second kappa shape index (κ2) is 8.36. The number of aromatic amines is 1. The highest BCUT2D eigenvalue weighted by Crippen LogP contribution is 2.24. The Morgan fingerprint density at radius 3 is 2.73 bits per heavy atom. The maximum Gasteiger partial charge on any atom is 0.305 e. The fourth-order valence-electron chi connectivity index (χ4n) is 3.70. The number of carbonyl (C=O) groups excluding carboxylic acids is 1. The SMILES string of the molecule is CCc1cccc2c(CC(=O)N(CCC(=O)O)C3CCOCC3)c[nH]c12. The number of carboxylic acids is 1. The van der Waals surface area contributed by atoms with E-state index in [1.165, 1.54) is 5.56 Å². The van der Waals surface area contributed by atoms with Crippen molar-refractivity contribution in [3.8, 4) is 0 Å². The Morgan fingerprint density at radius 2 is 2.04 bits per heavy atom. The van der Waals surface area contributed by atoms with Crippen molar-refractivity contribution in [2.24, 2.45) is 0 Å². The van der Waals surface area contributed by atoms with Crippen LogP contribution in [0.4, 0.5) is 0 Å². The molecule has 2 heterocycles. The van der Waals surface area contributed by atoms with Gasteiger partial charge in [-0.05, 0) is 30.4 Å². The molecule has 1 saturated heterocycles. The third-order valence-electron chi connectivity index (χ3n) is 5.13. The normalized spacial score (nSPS) is 15.3. The minimum absolute atomic E-state index is 0.0130. The molecule has 2 aromatic rings. The summed E-state index contributed by atoms with van der Waals surface area (Å²) in [5, 5.41) is 10.1. The summed E-state index contributed by atoms with van der Waals surface area (Å²) in [7, 11) is 0. The molecule has 1 aromatic heterocycles. The number of nitrogens with one attached hydrogen (secondary N) is 1. The van der Waals surface area contributed by atoms with E-state index in [9.17, 15) is 9.59 Å². The second-order valence-corrected chi connectivity index (χ2v) is 6.76. The van der Waals surface area contributed by atoms with Crippen LogP contribution in [0, 0.1) is 0 Å². The summed E-state index contributed by atoms with van der Waals surface area (Å²) in [4.78, 5) is 29.0. The first-order valence-electron chi connectivity index (χ1n) is 9.27. The predicted octanol–water partition coefficient (Wildman–Crippen LogP) is 2.76. The summed E-state index contributed by atoms with van der Waals surface area (Å²) in [5.41, 5.74) is 3.28. The van der Waals surface area contributed by atoms with Gasteiger partial charge in [0, 0.05) is 42.9 Å². The van der Waals surface area contributed by atoms with Gasteiger partial charge in [-0.15, -0.1) is 0 Å². The average Bonchev–Trinajstić information content (AvgIpc) is 3.05. The van der Waals surface area contributed by atoms with Gasteiger partial charge in [-0.3, -0.25) is 9.59 Å². The lowest BCUT2D eigenvalue weighted by molar-refractivity contribution is -0.140. The van der Waals surface area contributed by atoms with Crippen LogP contribution in [-0.2, 0) is 27.2 Å². The molecule has 1 aliphatic rings. The van der Waals surface area contributed by atoms with Crippen LogP contribution in [0.2, 0.25) is 0 Å². The molecule has 2 N–H and O–H groups in total. The summed E-state index contributed by atoms with van der Waals surface area (Å²) < 4.78 is 5.38. The minimum Gasteiger partial charge on any atom is -0.481 e. The van der Waals surface area contributed by atoms with Crippen LogP contribution in [0.25, 0.3) is 10.9 Å². The number of aromatic nitrogens is 1. The molecule has 0 radical (unpaired) electrons. The summed E-state index contributed by atoms with van der Waals surface area (Å²) in [5.74, 6) is -0.893. The van der Waals surface area contributed by atoms with Crippen molar-refractivity contribution in [1.29, 1.82) is 0 Å². The van der Waals surface area contributed by atoms with Crippen LogP contribution in [-0.4, -0.2) is 52.7 Å². The predicted molar refractivity (Wildman–Crippen MR) is 99.2 cm³/mol. The van der Waals surface area contributed by atoms with Gasteiger partial charge in [0.2, 0.25) is 5.91 Å². The molecule has 1 amide bonds. The Hall–Kier alpha value is -2.34. The molecule has 6 nitrogen and oxygen atoms in total. The molecular weight excluding hydrogens is 332 g/mol. The van der Waals surface area contributed by atoms with Crippen LogP contribution >= 0.6 is 0 Å². The number of benzene rings is 1. The Morgan fingerprint density at radius 1 is 1.27 bits per heavy atom. The topological polar surface area (TPSA) is 82.6 Å². The van der Waals surface area contributed by atoms with E-state index >= 15 is 0 Å². The van der Waals surface area contributed by atoms with Crippen LogP contribution in [0.3, 0.4) is 0 Å². The molecule has 26 heavy (non-hydrogen) atoms. The Balaban J connectivity index is 1.79. The maximum atomic E-state index is 13.0. The highest BCUT2D eigenvalue weighted by molar-refractivity contribution is 5.90. The number of aliphatic carboxylic acids is 1. The van der Waals surface area contributed by atoms with Crippen LogP contribution in [0.15, 0.2) is 24.4 Å². The molecule has 1 aromatic carbocycles. The van der Waals surface area contributed by atoms with Crippen molar-refractivity contribution in [1.82, 2.24) is 9.88 Å². The van der Waals surface area contributed by atoms with Crippen LogP contribution < -0.4 is 0 Å². The molecule has 1 aliphatic heterocycles. The van der Waals surface area contributed by atoms with E-state index in [0.717, 1.165) is 35.7 Å². The quantitative estimate of drug-likeness (QED) is 0.797. The zero-order valence-electron chi connectivity index (χ0n) is 15.2. The van der Waals surface area contributed by atoms with Gasteiger partial charge in [0.1, 0.15) is 0 Å². The van der Waals surface area contributed by atoms with Gasteiger partial charge in [-0.25, -0.2) is 0 Å². The molecule has 0 atom stereocenters. The number of nitrogens with zero attached hydrogens (tertiary/aromatic N) is 1. The standard InChI is InChI=1S/C20H26N2O4/c1-2-14-4-3-5-17-15(13-21-20(14)17)12-18(23)22(9-6-19(24)25)16-7-10-26-11-8-16/h3-5,13,16,21H,2,6-12H2,1H3,(H,24,25). The zero-order chi connectivity index (χ0) is 18.5. The average molecular weight is 358 g/mol. The molecule has 0 saturated carbocycles. The number of rotatable bonds is 7. The van der Waals surface area contributed by atoms with E-state index in [2.05, 4.69) is 18.0 Å². The van der Waals surface area contributed by atoms with Crippen molar-refractivity contribution >= 4 is 22.8 Å². The van der Waals surface area contributed by atoms with Gasteiger partial charge in [0.15, 0.2) is 0 Å². The van der Waals surface area contributed by atoms with E-state index in [1.807, 2.05) is 18.3 Å². The minimum atomic E-state index is -0.880. The maximum absolute atomic E-state index is 13.0. The van der Waals surface area contributed by atoms with Gasteiger partial charge in [-0.2, -0.15) is 0 Å². The Bertz CT molecular complexity index is 777. The Kier molecular flexibility index (Phi) is 5.93. The number of fused-ring (bicyclic) bond motifs is 1. The summed E-state index contributed by atoms with van der Waals surface area (Å²) in [6, 6.07) is 6.20. The first-order valence-corrected chi connectivity index (χ1v) is 9.27. The first-order chi connectivity index (χ1) is 12.6. The number of carboxylic acid groups (broad SMARTS) is 1. The van der Waals surface area contributed by atoms with E-state index in [1.54, 1.807) is 4.90 Å². The van der Waals surface area contributed by atoms with Gasteiger partial charge >= 0.3 is 5.97 Å². The van der Waals surface area contributed by atoms with E-state index in [4.69, 9.17) is 9.84 Å². The van der Waals surface area contributed by atoms with E-state index < -0.39 is 5.97 Å². The molecule has 0 bridgehead atoms. The van der Waals surface area contributed by atoms with Gasteiger partial charge < -0.3 is 19.7 Å². The van der Waals surface area contributed by atoms with E-state index in [0.29, 0.717) is 13.2 Å². The van der Waals surface area contributed by atoms with Crippen molar-refractivity contribution in [3.05, 3.63) is 35.5 Å². The van der Waals surface area contributed by atoms with Crippen LogP contribution in [0.1, 0.15) is 37.3 Å². The lowest BCUT2D eigenvalue weighted by Crippen LogP contribution is -2.45. The van der Waals surface area contributed by atoms with Crippen molar-refractivity contribution < 1.29 is 19.4 Å². The Labute approximate surface area is 153 Å². The summed E-state index contributed by atoms with van der Waals surface area (Å²) >= 11 is 0. The molecule has 1 fully saturated rings. The lowest BCUT2D eigenvalue weighted by atomic mass is 10.0. The molecule has 3 rings (SSSR count). The third kappa shape index (κ3) is 4.07. The zero-order valence-corrected chi connectivity index (χ0v) is 15.2. The van der Waals surface area contributed by atoms with E-state index in [-0.39, 0.29) is 31.3 Å². The number of ether oxygens (including phenoxy) is 1. The number of carbonyl (C=O) groups is 2.